The SMILES string of the molecule is CCOc1ccc(Nc2ccc(N)c(C(N)=O)c2)cc1F. The monoisotopic (exact) mass is 289 g/mol. The van der Waals surface area contributed by atoms with Crippen LogP contribution in [0.5, 0.6) is 5.75 Å². The molecule has 5 nitrogen and oxygen atoms in total. The third kappa shape index (κ3) is 3.42. The first-order chi connectivity index (χ1) is 10.0. The Morgan fingerprint density at radius 1 is 1.24 bits per heavy atom. The number of nitrogens with one attached hydrogen (secondary N) is 1. The second-order valence-corrected chi connectivity index (χ2v) is 4.37. The highest BCUT2D eigenvalue weighted by molar-refractivity contribution is 5.99. The standard InChI is InChI=1S/C15H16FN3O2/c1-2-21-14-6-4-10(8-12(14)16)19-9-3-5-13(17)11(7-9)15(18)20/h3-8,19H,2,17H2,1H3,(H2,18,20). The zero-order chi connectivity index (χ0) is 15.4. The number of hydrogen-bond donors (Lipinski definition) is 3. The number of rotatable bonds is 5. The van der Waals surface area contributed by atoms with E-state index in [1.807, 2.05) is 0 Å². The molecule has 0 fully saturated rings. The summed E-state index contributed by atoms with van der Waals surface area (Å²) in [5, 5.41) is 2.98. The van der Waals surface area contributed by atoms with Crippen molar-refractivity contribution in [1.82, 2.24) is 0 Å². The Bertz CT molecular complexity index is 674. The Kier molecular flexibility index (Phi) is 4.27. The average Bonchev–Trinajstić information content (AvgIpc) is 2.44. The van der Waals surface area contributed by atoms with E-state index in [4.69, 9.17) is 16.2 Å². The van der Waals surface area contributed by atoms with Gasteiger partial charge in [-0.3, -0.25) is 4.79 Å². The predicted octanol–water partition coefficient (Wildman–Crippen LogP) is 2.65. The van der Waals surface area contributed by atoms with E-state index >= 15 is 0 Å². The largest absolute Gasteiger partial charge is 0.491 e. The molecule has 0 atom stereocenters. The van der Waals surface area contributed by atoms with Crippen molar-refractivity contribution in [2.24, 2.45) is 5.73 Å². The Hall–Kier alpha value is -2.76. The summed E-state index contributed by atoms with van der Waals surface area (Å²) in [6.07, 6.45) is 0. The molecule has 0 spiro atoms. The van der Waals surface area contributed by atoms with E-state index in [2.05, 4.69) is 5.32 Å². The molecule has 2 aromatic carbocycles. The number of primary amides is 1. The molecule has 0 aromatic heterocycles. The molecule has 0 saturated heterocycles. The van der Waals surface area contributed by atoms with Crippen molar-refractivity contribution in [2.75, 3.05) is 17.7 Å². The highest BCUT2D eigenvalue weighted by Crippen LogP contribution is 2.25. The zero-order valence-corrected chi connectivity index (χ0v) is 11.5. The predicted molar refractivity (Wildman–Crippen MR) is 80.2 cm³/mol. The molecule has 1 amide bonds. The van der Waals surface area contributed by atoms with E-state index in [1.165, 1.54) is 18.2 Å². The van der Waals surface area contributed by atoms with Crippen molar-refractivity contribution in [3.05, 3.63) is 47.8 Å². The third-order valence-corrected chi connectivity index (χ3v) is 2.84. The molecular formula is C15H16FN3O2. The minimum atomic E-state index is -0.617. The van der Waals surface area contributed by atoms with Crippen LogP contribution in [-0.2, 0) is 0 Å². The molecule has 0 aliphatic rings. The van der Waals surface area contributed by atoms with Crippen LogP contribution in [0.25, 0.3) is 0 Å². The summed E-state index contributed by atoms with van der Waals surface area (Å²) in [5.41, 5.74) is 12.5. The molecule has 0 saturated carbocycles. The summed E-state index contributed by atoms with van der Waals surface area (Å²) in [6, 6.07) is 9.28. The molecule has 2 rings (SSSR count). The minimum absolute atomic E-state index is 0.193. The van der Waals surface area contributed by atoms with Crippen LogP contribution < -0.4 is 21.5 Å². The molecule has 0 aliphatic carbocycles. The van der Waals surface area contributed by atoms with Gasteiger partial charge in [-0.2, -0.15) is 0 Å². The Morgan fingerprint density at radius 2 is 1.90 bits per heavy atom. The fraction of sp³-hybridized carbons (Fsp3) is 0.133. The van der Waals surface area contributed by atoms with Gasteiger partial charge in [-0.1, -0.05) is 0 Å². The van der Waals surface area contributed by atoms with Gasteiger partial charge in [-0.15, -0.1) is 0 Å². The molecule has 110 valence electrons. The molecular weight excluding hydrogens is 273 g/mol. The van der Waals surface area contributed by atoms with Gasteiger partial charge in [0.15, 0.2) is 11.6 Å². The topological polar surface area (TPSA) is 90.4 Å². The maximum Gasteiger partial charge on any atom is 0.250 e. The van der Waals surface area contributed by atoms with Crippen LogP contribution in [0.15, 0.2) is 36.4 Å². The number of halogens is 1. The van der Waals surface area contributed by atoms with Crippen molar-refractivity contribution >= 4 is 23.0 Å². The fourth-order valence-electron chi connectivity index (χ4n) is 1.87. The first kappa shape index (κ1) is 14.6. The van der Waals surface area contributed by atoms with E-state index in [0.717, 1.165) is 0 Å². The van der Waals surface area contributed by atoms with Crippen LogP contribution >= 0.6 is 0 Å². The number of anilines is 3. The smallest absolute Gasteiger partial charge is 0.250 e. The second kappa shape index (κ2) is 6.13. The lowest BCUT2D eigenvalue weighted by atomic mass is 10.1. The van der Waals surface area contributed by atoms with Gasteiger partial charge in [0.2, 0.25) is 0 Å². The number of amides is 1. The van der Waals surface area contributed by atoms with Gasteiger partial charge in [-0.25, -0.2) is 4.39 Å². The molecule has 0 unspecified atom stereocenters. The number of carbonyl (C=O) groups excluding carboxylic acids is 1. The fourth-order valence-corrected chi connectivity index (χ4v) is 1.87. The normalized spacial score (nSPS) is 10.2. The first-order valence-corrected chi connectivity index (χ1v) is 6.40. The van der Waals surface area contributed by atoms with E-state index < -0.39 is 11.7 Å². The third-order valence-electron chi connectivity index (χ3n) is 2.84. The van der Waals surface area contributed by atoms with E-state index in [1.54, 1.807) is 25.1 Å². The number of nitrogen functional groups attached to an aromatic ring is 1. The molecule has 2 aromatic rings. The van der Waals surface area contributed by atoms with E-state index in [9.17, 15) is 9.18 Å². The molecule has 0 heterocycles. The summed E-state index contributed by atoms with van der Waals surface area (Å²) < 4.78 is 18.9. The van der Waals surface area contributed by atoms with Crippen LogP contribution in [0.1, 0.15) is 17.3 Å². The average molecular weight is 289 g/mol. The quantitative estimate of drug-likeness (QED) is 0.738. The van der Waals surface area contributed by atoms with Gasteiger partial charge in [0.05, 0.1) is 12.2 Å². The molecule has 0 bridgehead atoms. The lowest BCUT2D eigenvalue weighted by molar-refractivity contribution is 0.100. The number of benzene rings is 2. The maximum absolute atomic E-state index is 13.8. The molecule has 0 aliphatic heterocycles. The summed E-state index contributed by atoms with van der Waals surface area (Å²) in [7, 11) is 0. The number of carbonyl (C=O) groups is 1. The van der Waals surface area contributed by atoms with Crippen LogP contribution in [0, 0.1) is 5.82 Å². The summed E-state index contributed by atoms with van der Waals surface area (Å²) in [6.45, 7) is 2.18. The van der Waals surface area contributed by atoms with Crippen molar-refractivity contribution in [1.29, 1.82) is 0 Å². The van der Waals surface area contributed by atoms with Crippen molar-refractivity contribution < 1.29 is 13.9 Å². The van der Waals surface area contributed by atoms with Crippen molar-refractivity contribution in [3.8, 4) is 5.75 Å². The lowest BCUT2D eigenvalue weighted by Gasteiger charge is -2.11. The van der Waals surface area contributed by atoms with Gasteiger partial charge >= 0.3 is 0 Å². The molecule has 5 N–H and O–H groups in total. The lowest BCUT2D eigenvalue weighted by Crippen LogP contribution is -2.13. The van der Waals surface area contributed by atoms with E-state index in [0.29, 0.717) is 23.7 Å². The highest BCUT2D eigenvalue weighted by atomic mass is 19.1. The van der Waals surface area contributed by atoms with Gasteiger partial charge in [0.25, 0.3) is 5.91 Å². The van der Waals surface area contributed by atoms with Crippen LogP contribution in [-0.4, -0.2) is 12.5 Å². The number of hydrogen-bond acceptors (Lipinski definition) is 4. The van der Waals surface area contributed by atoms with Crippen LogP contribution in [0.3, 0.4) is 0 Å². The maximum atomic E-state index is 13.8. The Balaban J connectivity index is 2.24. The zero-order valence-electron chi connectivity index (χ0n) is 11.5. The number of nitrogens with two attached hydrogens (primary N) is 2. The second-order valence-electron chi connectivity index (χ2n) is 4.37. The molecule has 0 radical (unpaired) electrons. The van der Waals surface area contributed by atoms with Crippen molar-refractivity contribution in [3.63, 3.8) is 0 Å². The van der Waals surface area contributed by atoms with Gasteiger partial charge in [0, 0.05) is 23.1 Å². The number of ether oxygens (including phenoxy) is 1. The first-order valence-electron chi connectivity index (χ1n) is 6.40. The minimum Gasteiger partial charge on any atom is -0.491 e. The summed E-state index contributed by atoms with van der Waals surface area (Å²) in [4.78, 5) is 11.2. The van der Waals surface area contributed by atoms with Crippen LogP contribution in [0.4, 0.5) is 21.5 Å². The van der Waals surface area contributed by atoms with Crippen molar-refractivity contribution in [2.45, 2.75) is 6.92 Å². The Morgan fingerprint density at radius 3 is 2.52 bits per heavy atom. The van der Waals surface area contributed by atoms with Gasteiger partial charge < -0.3 is 21.5 Å². The molecule has 21 heavy (non-hydrogen) atoms. The Labute approximate surface area is 121 Å². The van der Waals surface area contributed by atoms with Gasteiger partial charge in [-0.05, 0) is 37.3 Å². The summed E-state index contributed by atoms with van der Waals surface area (Å²) >= 11 is 0. The highest BCUT2D eigenvalue weighted by Gasteiger charge is 2.08. The van der Waals surface area contributed by atoms with Gasteiger partial charge in [0.1, 0.15) is 0 Å². The van der Waals surface area contributed by atoms with Crippen LogP contribution in [0.2, 0.25) is 0 Å². The summed E-state index contributed by atoms with van der Waals surface area (Å²) in [5.74, 6) is -0.889. The molecule has 6 heteroatoms. The van der Waals surface area contributed by atoms with E-state index in [-0.39, 0.29) is 11.3 Å².